The predicted octanol–water partition coefficient (Wildman–Crippen LogP) is 2.90. The van der Waals surface area contributed by atoms with Crippen LogP contribution in [0.2, 0.25) is 0 Å². The Hall–Kier alpha value is -3.00. The van der Waals surface area contributed by atoms with Gasteiger partial charge in [-0.2, -0.15) is 5.26 Å². The number of nitriles is 1. The lowest BCUT2D eigenvalue weighted by Crippen LogP contribution is -2.31. The molecule has 22 heavy (non-hydrogen) atoms. The molecule has 2 aromatic rings. The average molecular weight is 292 g/mol. The number of hydrogen-bond acceptors (Lipinski definition) is 3. The van der Waals surface area contributed by atoms with Crippen molar-refractivity contribution in [2.75, 3.05) is 28.6 Å². The largest absolute Gasteiger partial charge is 0.398 e. The molecule has 0 atom stereocenters. The summed E-state index contributed by atoms with van der Waals surface area (Å²) in [7, 11) is 0. The fourth-order valence-corrected chi connectivity index (χ4v) is 2.56. The summed E-state index contributed by atoms with van der Waals surface area (Å²) >= 11 is 0. The molecular weight excluding hydrogens is 276 g/mol. The Kier molecular flexibility index (Phi) is 3.43. The molecular formula is C17H16N4O. The number of carbonyl (C=O) groups is 1. The lowest BCUT2D eigenvalue weighted by Gasteiger charge is -2.19. The molecule has 0 radical (unpaired) electrons. The summed E-state index contributed by atoms with van der Waals surface area (Å²) in [6.07, 6.45) is 0. The molecule has 1 fully saturated rings. The van der Waals surface area contributed by atoms with Gasteiger partial charge < -0.3 is 5.73 Å². The first-order valence-electron chi connectivity index (χ1n) is 7.05. The molecule has 0 saturated carbocycles. The van der Waals surface area contributed by atoms with E-state index in [0.29, 0.717) is 24.3 Å². The van der Waals surface area contributed by atoms with E-state index in [1.165, 1.54) is 0 Å². The van der Waals surface area contributed by atoms with Crippen LogP contribution in [-0.2, 0) is 0 Å². The Labute approximate surface area is 129 Å². The van der Waals surface area contributed by atoms with Crippen LogP contribution in [-0.4, -0.2) is 19.1 Å². The molecule has 1 heterocycles. The van der Waals surface area contributed by atoms with Crippen LogP contribution in [0.5, 0.6) is 0 Å². The molecule has 5 heteroatoms. The van der Waals surface area contributed by atoms with Crippen LogP contribution < -0.4 is 15.5 Å². The number of urea groups is 1. The van der Waals surface area contributed by atoms with Gasteiger partial charge in [-0.15, -0.1) is 0 Å². The maximum absolute atomic E-state index is 12.6. The Morgan fingerprint density at radius 1 is 1.09 bits per heavy atom. The molecule has 0 spiro atoms. The van der Waals surface area contributed by atoms with Gasteiger partial charge in [0.25, 0.3) is 0 Å². The highest BCUT2D eigenvalue weighted by Gasteiger charge is 2.30. The van der Waals surface area contributed by atoms with Gasteiger partial charge in [0.05, 0.1) is 11.6 Å². The summed E-state index contributed by atoms with van der Waals surface area (Å²) in [5, 5.41) is 8.98. The number of benzene rings is 2. The van der Waals surface area contributed by atoms with Gasteiger partial charge >= 0.3 is 6.03 Å². The summed E-state index contributed by atoms with van der Waals surface area (Å²) in [4.78, 5) is 16.0. The molecule has 2 N–H and O–H groups in total. The van der Waals surface area contributed by atoms with Crippen molar-refractivity contribution in [3.05, 3.63) is 53.6 Å². The quantitative estimate of drug-likeness (QED) is 0.865. The van der Waals surface area contributed by atoms with Gasteiger partial charge in [-0.25, -0.2) is 4.79 Å². The molecule has 0 bridgehead atoms. The third kappa shape index (κ3) is 2.35. The lowest BCUT2D eigenvalue weighted by molar-refractivity contribution is 0.256. The van der Waals surface area contributed by atoms with E-state index in [-0.39, 0.29) is 6.03 Å². The van der Waals surface area contributed by atoms with Gasteiger partial charge in [0.15, 0.2) is 0 Å². The average Bonchev–Trinajstić information content (AvgIpc) is 2.92. The Bertz CT molecular complexity index is 778. The van der Waals surface area contributed by atoms with Crippen molar-refractivity contribution in [1.29, 1.82) is 5.26 Å². The van der Waals surface area contributed by atoms with Gasteiger partial charge in [-0.1, -0.05) is 12.1 Å². The number of nitrogen functional groups attached to an aromatic ring is 1. The molecule has 1 aliphatic rings. The standard InChI is InChI=1S/C17H16N4O/c1-12-5-6-15(10-16(12)19)21-8-7-20(17(21)22)14-4-2-3-13(9-14)11-18/h2-6,9-10H,7-8,19H2,1H3. The van der Waals surface area contributed by atoms with E-state index >= 15 is 0 Å². The van der Waals surface area contributed by atoms with Crippen LogP contribution in [0.15, 0.2) is 42.5 Å². The number of nitrogens with two attached hydrogens (primary N) is 1. The zero-order chi connectivity index (χ0) is 15.7. The zero-order valence-corrected chi connectivity index (χ0v) is 12.3. The molecule has 0 aliphatic carbocycles. The van der Waals surface area contributed by atoms with Crippen molar-refractivity contribution in [3.63, 3.8) is 0 Å². The van der Waals surface area contributed by atoms with Gasteiger partial charge in [-0.3, -0.25) is 9.80 Å². The van der Waals surface area contributed by atoms with Crippen LogP contribution in [0.4, 0.5) is 21.9 Å². The van der Waals surface area contributed by atoms with Crippen molar-refractivity contribution in [2.24, 2.45) is 0 Å². The fourth-order valence-electron chi connectivity index (χ4n) is 2.56. The molecule has 1 aliphatic heterocycles. The van der Waals surface area contributed by atoms with Crippen LogP contribution in [0, 0.1) is 18.3 Å². The predicted molar refractivity (Wildman–Crippen MR) is 86.8 cm³/mol. The normalized spacial score (nSPS) is 14.3. The smallest absolute Gasteiger partial charge is 0.329 e. The number of rotatable bonds is 2. The van der Waals surface area contributed by atoms with E-state index in [4.69, 9.17) is 11.0 Å². The monoisotopic (exact) mass is 292 g/mol. The highest BCUT2D eigenvalue weighted by molar-refractivity contribution is 6.06. The SMILES string of the molecule is Cc1ccc(N2CCN(c3cccc(C#N)c3)C2=O)cc1N. The fraction of sp³-hybridized carbons (Fsp3) is 0.176. The number of aryl methyl sites for hydroxylation is 1. The number of anilines is 3. The number of carbonyl (C=O) groups excluding carboxylic acids is 1. The van der Waals surface area contributed by atoms with Crippen LogP contribution >= 0.6 is 0 Å². The van der Waals surface area contributed by atoms with Crippen LogP contribution in [0.1, 0.15) is 11.1 Å². The minimum atomic E-state index is -0.0988. The maximum atomic E-state index is 12.6. The molecule has 5 nitrogen and oxygen atoms in total. The first kappa shape index (κ1) is 14.0. The Morgan fingerprint density at radius 2 is 1.77 bits per heavy atom. The van der Waals surface area contributed by atoms with E-state index in [1.807, 2.05) is 31.2 Å². The van der Waals surface area contributed by atoms with Gasteiger partial charge in [0.2, 0.25) is 0 Å². The number of hydrogen-bond donors (Lipinski definition) is 1. The highest BCUT2D eigenvalue weighted by atomic mass is 16.2. The molecule has 2 aromatic carbocycles. The first-order chi connectivity index (χ1) is 10.6. The molecule has 1 saturated heterocycles. The van der Waals surface area contributed by atoms with Crippen molar-refractivity contribution < 1.29 is 4.79 Å². The number of amides is 2. The summed E-state index contributed by atoms with van der Waals surface area (Å²) in [5.74, 6) is 0. The van der Waals surface area contributed by atoms with Crippen LogP contribution in [0.3, 0.4) is 0 Å². The van der Waals surface area contributed by atoms with Crippen LogP contribution in [0.25, 0.3) is 0 Å². The summed E-state index contributed by atoms with van der Waals surface area (Å²) in [6.45, 7) is 3.12. The molecule has 2 amide bonds. The van der Waals surface area contributed by atoms with Crippen molar-refractivity contribution in [1.82, 2.24) is 0 Å². The van der Waals surface area contributed by atoms with E-state index < -0.39 is 0 Å². The van der Waals surface area contributed by atoms with E-state index in [2.05, 4.69) is 6.07 Å². The molecule has 110 valence electrons. The van der Waals surface area contributed by atoms with Gasteiger partial charge in [-0.05, 0) is 42.8 Å². The molecule has 3 rings (SSSR count). The van der Waals surface area contributed by atoms with E-state index in [9.17, 15) is 4.79 Å². The third-order valence-corrected chi connectivity index (χ3v) is 3.87. The third-order valence-electron chi connectivity index (χ3n) is 3.87. The maximum Gasteiger partial charge on any atom is 0.329 e. The topological polar surface area (TPSA) is 73.4 Å². The zero-order valence-electron chi connectivity index (χ0n) is 12.3. The second-order valence-electron chi connectivity index (χ2n) is 5.29. The van der Waals surface area contributed by atoms with Crippen molar-refractivity contribution >= 4 is 23.1 Å². The summed E-state index contributed by atoms with van der Waals surface area (Å²) < 4.78 is 0. The second-order valence-corrected chi connectivity index (χ2v) is 5.29. The summed E-state index contributed by atoms with van der Waals surface area (Å²) in [6, 6.07) is 14.7. The van der Waals surface area contributed by atoms with Gasteiger partial charge in [0.1, 0.15) is 0 Å². The first-order valence-corrected chi connectivity index (χ1v) is 7.05. The van der Waals surface area contributed by atoms with Crippen molar-refractivity contribution in [2.45, 2.75) is 6.92 Å². The highest BCUT2D eigenvalue weighted by Crippen LogP contribution is 2.27. The Balaban J connectivity index is 1.88. The Morgan fingerprint density at radius 3 is 2.41 bits per heavy atom. The minimum Gasteiger partial charge on any atom is -0.398 e. The second kappa shape index (κ2) is 5.41. The lowest BCUT2D eigenvalue weighted by atomic mass is 10.2. The molecule has 0 aromatic heterocycles. The van der Waals surface area contributed by atoms with E-state index in [0.717, 1.165) is 16.9 Å². The number of nitrogens with zero attached hydrogens (tertiary/aromatic N) is 3. The van der Waals surface area contributed by atoms with E-state index in [1.54, 1.807) is 28.0 Å². The minimum absolute atomic E-state index is 0.0988. The molecule has 0 unspecified atom stereocenters. The van der Waals surface area contributed by atoms with Crippen molar-refractivity contribution in [3.8, 4) is 6.07 Å². The van der Waals surface area contributed by atoms with Gasteiger partial charge in [0, 0.05) is 30.2 Å². The summed E-state index contributed by atoms with van der Waals surface area (Å²) in [5.41, 5.74) is 9.69.